The lowest BCUT2D eigenvalue weighted by atomic mass is 10.1. The van der Waals surface area contributed by atoms with Gasteiger partial charge in [0.25, 0.3) is 0 Å². The van der Waals surface area contributed by atoms with Gasteiger partial charge in [0.15, 0.2) is 11.5 Å². The Morgan fingerprint density at radius 2 is 1.81 bits per heavy atom. The molecule has 2 rings (SSSR count). The number of nitrogens with one attached hydrogen (secondary N) is 1. The Hall–Kier alpha value is -1.26. The van der Waals surface area contributed by atoms with Crippen LogP contribution in [0.5, 0.6) is 11.5 Å². The molecule has 0 spiro atoms. The van der Waals surface area contributed by atoms with E-state index >= 15 is 0 Å². The second-order valence-electron chi connectivity index (χ2n) is 6.04. The Labute approximate surface area is 128 Å². The summed E-state index contributed by atoms with van der Waals surface area (Å²) >= 11 is 0. The maximum Gasteiger partial charge on any atom is 0.165 e. The van der Waals surface area contributed by atoms with E-state index < -0.39 is 0 Å². The molecule has 1 aliphatic rings. The number of hydrogen-bond acceptors (Lipinski definition) is 4. The van der Waals surface area contributed by atoms with Crippen LogP contribution >= 0.6 is 0 Å². The van der Waals surface area contributed by atoms with Gasteiger partial charge in [0.2, 0.25) is 0 Å². The molecular formula is C17H28N2O2. The van der Waals surface area contributed by atoms with Gasteiger partial charge in [-0.2, -0.15) is 0 Å². The summed E-state index contributed by atoms with van der Waals surface area (Å²) in [4.78, 5) is 2.49. The van der Waals surface area contributed by atoms with Crippen LogP contribution in [0.15, 0.2) is 18.2 Å². The normalized spacial score (nSPS) is 14.2. The van der Waals surface area contributed by atoms with Gasteiger partial charge in [-0.05, 0) is 33.8 Å². The number of hydrogen-bond donors (Lipinski definition) is 1. The van der Waals surface area contributed by atoms with Crippen molar-refractivity contribution in [2.75, 3.05) is 26.3 Å². The topological polar surface area (TPSA) is 33.7 Å². The molecule has 4 nitrogen and oxygen atoms in total. The first-order valence-corrected chi connectivity index (χ1v) is 7.93. The Balaban J connectivity index is 1.84. The van der Waals surface area contributed by atoms with Gasteiger partial charge in [-0.25, -0.2) is 0 Å². The van der Waals surface area contributed by atoms with Gasteiger partial charge in [0.1, 0.15) is 13.2 Å². The van der Waals surface area contributed by atoms with Gasteiger partial charge in [-0.15, -0.1) is 0 Å². The maximum absolute atomic E-state index is 5.73. The van der Waals surface area contributed by atoms with Crippen molar-refractivity contribution < 1.29 is 9.47 Å². The van der Waals surface area contributed by atoms with Gasteiger partial charge in [-0.3, -0.25) is 4.90 Å². The summed E-state index contributed by atoms with van der Waals surface area (Å²) in [6.07, 6.45) is 0. The molecule has 1 aromatic rings. The molecule has 0 aromatic heterocycles. The van der Waals surface area contributed by atoms with Crippen molar-refractivity contribution in [3.05, 3.63) is 23.8 Å². The van der Waals surface area contributed by atoms with Gasteiger partial charge in [0.05, 0.1) is 0 Å². The zero-order valence-corrected chi connectivity index (χ0v) is 13.7. The van der Waals surface area contributed by atoms with Crippen LogP contribution in [0.4, 0.5) is 0 Å². The van der Waals surface area contributed by atoms with Crippen LogP contribution in [0, 0.1) is 0 Å². The number of benzene rings is 1. The quantitative estimate of drug-likeness (QED) is 0.783. The van der Waals surface area contributed by atoms with Crippen LogP contribution in [-0.4, -0.2) is 43.3 Å². The molecule has 0 atom stereocenters. The van der Waals surface area contributed by atoms with E-state index in [0.717, 1.165) is 31.1 Å². The molecule has 0 aliphatic carbocycles. The smallest absolute Gasteiger partial charge is 0.165 e. The Morgan fingerprint density at radius 3 is 2.52 bits per heavy atom. The molecule has 1 heterocycles. The minimum absolute atomic E-state index is 0.577. The summed E-state index contributed by atoms with van der Waals surface area (Å²) in [5.74, 6) is 1.77. The van der Waals surface area contributed by atoms with Crippen molar-refractivity contribution in [1.29, 1.82) is 0 Å². The van der Waals surface area contributed by atoms with E-state index in [1.54, 1.807) is 0 Å². The number of ether oxygens (including phenoxy) is 2. The summed E-state index contributed by atoms with van der Waals surface area (Å²) in [5.41, 5.74) is 1.17. The molecule has 118 valence electrons. The Bertz CT molecular complexity index is 438. The molecule has 1 aliphatic heterocycles. The van der Waals surface area contributed by atoms with Gasteiger partial charge in [0, 0.05) is 37.3 Å². The fourth-order valence-electron chi connectivity index (χ4n) is 2.82. The molecule has 0 unspecified atom stereocenters. The van der Waals surface area contributed by atoms with E-state index in [9.17, 15) is 0 Å². The number of para-hydroxylation sites is 1. The first-order chi connectivity index (χ1) is 10.1. The highest BCUT2D eigenvalue weighted by atomic mass is 16.6. The van der Waals surface area contributed by atoms with E-state index in [0.29, 0.717) is 25.3 Å². The summed E-state index contributed by atoms with van der Waals surface area (Å²) < 4.78 is 11.3. The lowest BCUT2D eigenvalue weighted by Gasteiger charge is -2.30. The molecule has 0 amide bonds. The third-order valence-corrected chi connectivity index (χ3v) is 3.84. The molecule has 0 saturated carbocycles. The van der Waals surface area contributed by atoms with E-state index in [1.165, 1.54) is 5.56 Å². The molecule has 0 fully saturated rings. The first-order valence-electron chi connectivity index (χ1n) is 7.93. The molecule has 0 bridgehead atoms. The van der Waals surface area contributed by atoms with Crippen molar-refractivity contribution in [2.24, 2.45) is 0 Å². The minimum Gasteiger partial charge on any atom is -0.486 e. The molecule has 4 heteroatoms. The predicted octanol–water partition coefficient (Wildman–Crippen LogP) is 2.67. The van der Waals surface area contributed by atoms with Crippen molar-refractivity contribution in [1.82, 2.24) is 10.2 Å². The predicted molar refractivity (Wildman–Crippen MR) is 86.1 cm³/mol. The van der Waals surface area contributed by atoms with Crippen LogP contribution in [0.1, 0.15) is 33.3 Å². The molecule has 21 heavy (non-hydrogen) atoms. The monoisotopic (exact) mass is 292 g/mol. The zero-order chi connectivity index (χ0) is 15.2. The third-order valence-electron chi connectivity index (χ3n) is 3.84. The van der Waals surface area contributed by atoms with E-state index in [2.05, 4.69) is 44.0 Å². The summed E-state index contributed by atoms with van der Waals surface area (Å²) in [6.45, 7) is 13.1. The van der Waals surface area contributed by atoms with E-state index in [-0.39, 0.29) is 0 Å². The van der Waals surface area contributed by atoms with Gasteiger partial charge >= 0.3 is 0 Å². The largest absolute Gasteiger partial charge is 0.486 e. The van der Waals surface area contributed by atoms with Crippen molar-refractivity contribution in [2.45, 2.75) is 46.3 Å². The molecule has 0 saturated heterocycles. The SMILES string of the molecule is CC(C)N(CCNCc1cccc2c1OCCO2)C(C)C. The summed E-state index contributed by atoms with van der Waals surface area (Å²) in [7, 11) is 0. The number of nitrogens with zero attached hydrogens (tertiary/aromatic N) is 1. The average molecular weight is 292 g/mol. The van der Waals surface area contributed by atoms with Gasteiger partial charge < -0.3 is 14.8 Å². The van der Waals surface area contributed by atoms with Crippen molar-refractivity contribution >= 4 is 0 Å². The molecule has 1 N–H and O–H groups in total. The second-order valence-corrected chi connectivity index (χ2v) is 6.04. The van der Waals surface area contributed by atoms with Crippen LogP contribution in [0.25, 0.3) is 0 Å². The van der Waals surface area contributed by atoms with Crippen LogP contribution in [-0.2, 0) is 6.54 Å². The molecular weight excluding hydrogens is 264 g/mol. The van der Waals surface area contributed by atoms with Crippen LogP contribution < -0.4 is 14.8 Å². The van der Waals surface area contributed by atoms with E-state index in [4.69, 9.17) is 9.47 Å². The standard InChI is InChI=1S/C17H28N2O2/c1-13(2)19(14(3)4)9-8-18-12-15-6-5-7-16-17(15)21-11-10-20-16/h5-7,13-14,18H,8-12H2,1-4H3. The average Bonchev–Trinajstić information content (AvgIpc) is 2.46. The van der Waals surface area contributed by atoms with Crippen molar-refractivity contribution in [3.63, 3.8) is 0 Å². The third kappa shape index (κ3) is 4.35. The fraction of sp³-hybridized carbons (Fsp3) is 0.647. The van der Waals surface area contributed by atoms with Crippen LogP contribution in [0.2, 0.25) is 0 Å². The lowest BCUT2D eigenvalue weighted by Crippen LogP contribution is -2.41. The maximum atomic E-state index is 5.73. The highest BCUT2D eigenvalue weighted by Crippen LogP contribution is 2.33. The zero-order valence-electron chi connectivity index (χ0n) is 13.7. The summed E-state index contributed by atoms with van der Waals surface area (Å²) in [6, 6.07) is 7.25. The minimum atomic E-state index is 0.577. The lowest BCUT2D eigenvalue weighted by molar-refractivity contribution is 0.168. The second kappa shape index (κ2) is 7.66. The fourth-order valence-corrected chi connectivity index (χ4v) is 2.82. The highest BCUT2D eigenvalue weighted by Gasteiger charge is 2.16. The van der Waals surface area contributed by atoms with E-state index in [1.807, 2.05) is 12.1 Å². The van der Waals surface area contributed by atoms with Crippen molar-refractivity contribution in [3.8, 4) is 11.5 Å². The number of rotatable bonds is 7. The number of fused-ring (bicyclic) bond motifs is 1. The Morgan fingerprint density at radius 1 is 1.10 bits per heavy atom. The first kappa shape index (κ1) is 16.1. The molecule has 1 aromatic carbocycles. The Kier molecular flexibility index (Phi) is 5.88. The van der Waals surface area contributed by atoms with Crippen LogP contribution in [0.3, 0.4) is 0 Å². The molecule has 0 radical (unpaired) electrons. The highest BCUT2D eigenvalue weighted by molar-refractivity contribution is 5.47. The van der Waals surface area contributed by atoms with Gasteiger partial charge in [-0.1, -0.05) is 12.1 Å². The summed E-state index contributed by atoms with van der Waals surface area (Å²) in [5, 5.41) is 3.51.